The lowest BCUT2D eigenvalue weighted by Gasteiger charge is -2.19. The zero-order chi connectivity index (χ0) is 14.0. The van der Waals surface area contributed by atoms with E-state index >= 15 is 0 Å². The maximum atomic E-state index is 4.69. The number of hydrogen-bond acceptors (Lipinski definition) is 4. The summed E-state index contributed by atoms with van der Waals surface area (Å²) >= 11 is 1.76. The Bertz CT molecular complexity index is 524. The minimum Gasteiger partial charge on any atom is -0.302 e. The van der Waals surface area contributed by atoms with Gasteiger partial charge in [0, 0.05) is 22.8 Å². The zero-order valence-electron chi connectivity index (χ0n) is 12.2. The third-order valence-electron chi connectivity index (χ3n) is 3.06. The Balaban J connectivity index is 2.37. The van der Waals surface area contributed by atoms with Gasteiger partial charge in [-0.3, -0.25) is 4.98 Å². The highest BCUT2D eigenvalue weighted by Gasteiger charge is 2.19. The molecule has 19 heavy (non-hydrogen) atoms. The number of nitrogens with zero attached hydrogens (tertiary/aromatic N) is 2. The largest absolute Gasteiger partial charge is 0.302 e. The van der Waals surface area contributed by atoms with Crippen LogP contribution in [0.3, 0.4) is 0 Å². The second-order valence-corrected chi connectivity index (χ2v) is 6.42. The molecule has 0 saturated heterocycles. The van der Waals surface area contributed by atoms with Crippen LogP contribution in [0.4, 0.5) is 0 Å². The van der Waals surface area contributed by atoms with Crippen LogP contribution in [0.15, 0.2) is 18.3 Å². The summed E-state index contributed by atoms with van der Waals surface area (Å²) in [6, 6.07) is 4.72. The predicted octanol–water partition coefficient (Wildman–Crippen LogP) is 3.55. The van der Waals surface area contributed by atoms with E-state index in [1.807, 2.05) is 13.1 Å². The highest BCUT2D eigenvalue weighted by atomic mass is 32.1. The number of nitrogens with one attached hydrogen (secondary N) is 1. The Hall–Kier alpha value is -1.26. The van der Waals surface area contributed by atoms with Crippen LogP contribution in [0.25, 0.3) is 0 Å². The number of aromatic nitrogens is 2. The van der Waals surface area contributed by atoms with Gasteiger partial charge in [0.15, 0.2) is 0 Å². The molecule has 1 unspecified atom stereocenters. The van der Waals surface area contributed by atoms with Gasteiger partial charge in [-0.1, -0.05) is 6.07 Å². The van der Waals surface area contributed by atoms with Crippen LogP contribution >= 0.6 is 11.3 Å². The highest BCUT2D eigenvalue weighted by molar-refractivity contribution is 7.11. The lowest BCUT2D eigenvalue weighted by molar-refractivity contribution is 0.525. The number of pyridine rings is 1. The molecule has 0 aliphatic carbocycles. The third-order valence-corrected chi connectivity index (χ3v) is 4.20. The van der Waals surface area contributed by atoms with E-state index in [1.165, 1.54) is 10.4 Å². The fourth-order valence-electron chi connectivity index (χ4n) is 1.91. The Labute approximate surface area is 119 Å². The van der Waals surface area contributed by atoms with E-state index in [-0.39, 0.29) is 6.04 Å². The van der Waals surface area contributed by atoms with Crippen LogP contribution < -0.4 is 5.32 Å². The molecule has 0 bridgehead atoms. The van der Waals surface area contributed by atoms with Gasteiger partial charge in [0.1, 0.15) is 5.01 Å². The van der Waals surface area contributed by atoms with Crippen molar-refractivity contribution in [1.82, 2.24) is 15.3 Å². The molecule has 2 aromatic rings. The summed E-state index contributed by atoms with van der Waals surface area (Å²) in [7, 11) is 0. The molecule has 0 fully saturated rings. The average Bonchev–Trinajstić information content (AvgIpc) is 2.67. The molecule has 102 valence electrons. The van der Waals surface area contributed by atoms with Crippen molar-refractivity contribution in [3.8, 4) is 0 Å². The van der Waals surface area contributed by atoms with Gasteiger partial charge in [-0.15, -0.1) is 11.3 Å². The van der Waals surface area contributed by atoms with Crippen molar-refractivity contribution in [2.45, 2.75) is 46.7 Å². The van der Waals surface area contributed by atoms with Crippen LogP contribution in [-0.2, 0) is 0 Å². The van der Waals surface area contributed by atoms with E-state index in [2.05, 4.69) is 50.1 Å². The first-order chi connectivity index (χ1) is 8.97. The van der Waals surface area contributed by atoms with E-state index in [0.29, 0.717) is 6.04 Å². The van der Waals surface area contributed by atoms with Crippen molar-refractivity contribution in [2.75, 3.05) is 0 Å². The average molecular weight is 275 g/mol. The van der Waals surface area contributed by atoms with Crippen molar-refractivity contribution in [2.24, 2.45) is 0 Å². The van der Waals surface area contributed by atoms with Crippen LogP contribution in [0.2, 0.25) is 0 Å². The summed E-state index contributed by atoms with van der Waals surface area (Å²) in [4.78, 5) is 10.4. The second kappa shape index (κ2) is 5.80. The topological polar surface area (TPSA) is 37.8 Å². The molecule has 1 atom stereocenters. The normalized spacial score (nSPS) is 12.9. The lowest BCUT2D eigenvalue weighted by atomic mass is 10.1. The molecule has 0 amide bonds. The second-order valence-electron chi connectivity index (χ2n) is 5.18. The number of aryl methyl sites for hydroxylation is 3. The molecule has 0 radical (unpaired) electrons. The van der Waals surface area contributed by atoms with Gasteiger partial charge >= 0.3 is 0 Å². The molecule has 0 aliphatic heterocycles. The van der Waals surface area contributed by atoms with Crippen molar-refractivity contribution < 1.29 is 0 Å². The minimum absolute atomic E-state index is 0.130. The molecule has 0 saturated carbocycles. The first kappa shape index (κ1) is 14.2. The van der Waals surface area contributed by atoms with Crippen molar-refractivity contribution >= 4 is 11.3 Å². The molecular formula is C15H21N3S. The number of hydrogen-bond donors (Lipinski definition) is 1. The van der Waals surface area contributed by atoms with Crippen molar-refractivity contribution in [1.29, 1.82) is 0 Å². The van der Waals surface area contributed by atoms with E-state index < -0.39 is 0 Å². The number of thiazole rings is 1. The summed E-state index contributed by atoms with van der Waals surface area (Å²) in [5, 5.41) is 4.70. The minimum atomic E-state index is 0.130. The fraction of sp³-hybridized carbons (Fsp3) is 0.467. The van der Waals surface area contributed by atoms with Crippen LogP contribution in [-0.4, -0.2) is 16.0 Å². The summed E-state index contributed by atoms with van der Waals surface area (Å²) in [6.45, 7) is 10.5. The maximum absolute atomic E-state index is 4.69. The molecular weight excluding hydrogens is 254 g/mol. The zero-order valence-corrected chi connectivity index (χ0v) is 13.0. The first-order valence-electron chi connectivity index (χ1n) is 6.60. The Morgan fingerprint density at radius 3 is 2.37 bits per heavy atom. The molecule has 2 aromatic heterocycles. The Morgan fingerprint density at radius 1 is 1.16 bits per heavy atom. The molecule has 4 heteroatoms. The summed E-state index contributed by atoms with van der Waals surface area (Å²) in [5.74, 6) is 0. The van der Waals surface area contributed by atoms with Gasteiger partial charge in [-0.25, -0.2) is 4.98 Å². The molecule has 0 aromatic carbocycles. The van der Waals surface area contributed by atoms with Crippen LogP contribution in [0.1, 0.15) is 46.7 Å². The lowest BCUT2D eigenvalue weighted by Crippen LogP contribution is -2.29. The monoisotopic (exact) mass is 275 g/mol. The van der Waals surface area contributed by atoms with E-state index in [1.54, 1.807) is 11.3 Å². The standard InChI is InChI=1S/C15H21N3S/c1-9(2)17-14(13-7-6-10(3)16-8-13)15-18-11(4)12(5)19-15/h6-9,14,17H,1-5H3. The molecule has 2 rings (SSSR count). The molecule has 3 nitrogen and oxygen atoms in total. The van der Waals surface area contributed by atoms with Gasteiger partial charge in [0.2, 0.25) is 0 Å². The predicted molar refractivity (Wildman–Crippen MR) is 80.7 cm³/mol. The van der Waals surface area contributed by atoms with Gasteiger partial charge in [-0.05, 0) is 46.2 Å². The molecule has 2 heterocycles. The van der Waals surface area contributed by atoms with Crippen LogP contribution in [0.5, 0.6) is 0 Å². The van der Waals surface area contributed by atoms with E-state index in [9.17, 15) is 0 Å². The molecule has 1 N–H and O–H groups in total. The maximum Gasteiger partial charge on any atom is 0.115 e. The van der Waals surface area contributed by atoms with Gasteiger partial charge in [0.05, 0.1) is 11.7 Å². The summed E-state index contributed by atoms with van der Waals surface area (Å²) < 4.78 is 0. The van der Waals surface area contributed by atoms with E-state index in [0.717, 1.165) is 16.4 Å². The van der Waals surface area contributed by atoms with Crippen LogP contribution in [0, 0.1) is 20.8 Å². The van der Waals surface area contributed by atoms with E-state index in [4.69, 9.17) is 4.98 Å². The smallest absolute Gasteiger partial charge is 0.115 e. The molecule has 0 spiro atoms. The van der Waals surface area contributed by atoms with Gasteiger partial charge in [-0.2, -0.15) is 0 Å². The van der Waals surface area contributed by atoms with Gasteiger partial charge < -0.3 is 5.32 Å². The Morgan fingerprint density at radius 2 is 1.89 bits per heavy atom. The first-order valence-corrected chi connectivity index (χ1v) is 7.41. The van der Waals surface area contributed by atoms with Crippen molar-refractivity contribution in [3.63, 3.8) is 0 Å². The third kappa shape index (κ3) is 3.39. The quantitative estimate of drug-likeness (QED) is 0.927. The Kier molecular flexibility index (Phi) is 4.32. The molecule has 0 aliphatic rings. The van der Waals surface area contributed by atoms with Gasteiger partial charge in [0.25, 0.3) is 0 Å². The summed E-state index contributed by atoms with van der Waals surface area (Å²) in [5.41, 5.74) is 3.34. The number of rotatable bonds is 4. The highest BCUT2D eigenvalue weighted by Crippen LogP contribution is 2.28. The SMILES string of the molecule is Cc1ccc(C(NC(C)C)c2nc(C)c(C)s2)cn1. The van der Waals surface area contributed by atoms with Crippen molar-refractivity contribution in [3.05, 3.63) is 45.2 Å². The fourth-order valence-corrected chi connectivity index (χ4v) is 2.93. The summed E-state index contributed by atoms with van der Waals surface area (Å²) in [6.07, 6.45) is 1.95.